The van der Waals surface area contributed by atoms with Crippen LogP contribution in [0.15, 0.2) is 36.4 Å². The maximum absolute atomic E-state index is 6.23. The molecule has 24 heavy (non-hydrogen) atoms. The largest absolute Gasteiger partial charge is 0.497 e. The zero-order valence-corrected chi connectivity index (χ0v) is 13.7. The molecule has 0 atom stereocenters. The van der Waals surface area contributed by atoms with E-state index >= 15 is 0 Å². The van der Waals surface area contributed by atoms with Gasteiger partial charge in [0.15, 0.2) is 5.65 Å². The number of hydrogen-bond donors (Lipinski definition) is 2. The van der Waals surface area contributed by atoms with Crippen LogP contribution in [0.5, 0.6) is 5.75 Å². The normalized spacial score (nSPS) is 15.7. The Bertz CT molecular complexity index is 867. The van der Waals surface area contributed by atoms with Crippen LogP contribution in [0.4, 0.5) is 5.82 Å². The molecular formula is C18H21N5O. The second-order valence-corrected chi connectivity index (χ2v) is 6.16. The number of benzene rings is 1. The van der Waals surface area contributed by atoms with Gasteiger partial charge in [-0.15, -0.1) is 0 Å². The monoisotopic (exact) mass is 323 g/mol. The molecule has 0 unspecified atom stereocenters. The molecule has 124 valence electrons. The van der Waals surface area contributed by atoms with Crippen molar-refractivity contribution in [2.45, 2.75) is 18.8 Å². The van der Waals surface area contributed by atoms with Crippen molar-refractivity contribution in [2.75, 3.05) is 25.9 Å². The lowest BCUT2D eigenvalue weighted by Crippen LogP contribution is -2.27. The molecule has 1 aliphatic heterocycles. The highest BCUT2D eigenvalue weighted by molar-refractivity contribution is 5.66. The Hall–Kier alpha value is -2.60. The minimum absolute atomic E-state index is 0.466. The molecule has 0 radical (unpaired) electrons. The van der Waals surface area contributed by atoms with Crippen LogP contribution in [0.2, 0.25) is 0 Å². The molecule has 1 fully saturated rings. The first-order valence-corrected chi connectivity index (χ1v) is 8.26. The van der Waals surface area contributed by atoms with Crippen molar-refractivity contribution < 1.29 is 4.74 Å². The van der Waals surface area contributed by atoms with Crippen molar-refractivity contribution in [1.82, 2.24) is 19.9 Å². The highest BCUT2D eigenvalue weighted by Crippen LogP contribution is 2.28. The Labute approximate surface area is 140 Å². The number of methoxy groups -OCH3 is 1. The molecule has 6 nitrogen and oxygen atoms in total. The fourth-order valence-corrected chi connectivity index (χ4v) is 3.27. The molecule has 1 aliphatic rings. The van der Waals surface area contributed by atoms with Crippen LogP contribution >= 0.6 is 0 Å². The maximum Gasteiger partial charge on any atom is 0.158 e. The van der Waals surface area contributed by atoms with Crippen LogP contribution in [0.1, 0.15) is 24.5 Å². The Morgan fingerprint density at radius 2 is 2.04 bits per heavy atom. The van der Waals surface area contributed by atoms with Crippen molar-refractivity contribution >= 4 is 11.5 Å². The standard InChI is InChI=1S/C18H21N5O/c1-24-14-4-2-3-13(9-14)16-11-18-21-15(10-17(19)23(18)22-16)12-5-7-20-8-6-12/h2-4,9-12,20H,5-8,19H2,1H3. The highest BCUT2D eigenvalue weighted by Gasteiger charge is 2.19. The number of anilines is 1. The van der Waals surface area contributed by atoms with Gasteiger partial charge in [-0.05, 0) is 38.1 Å². The minimum Gasteiger partial charge on any atom is -0.497 e. The SMILES string of the molecule is COc1cccc(-c2cc3nc(C4CCNCC4)cc(N)n3n2)c1. The Balaban J connectivity index is 1.75. The number of piperidine rings is 1. The van der Waals surface area contributed by atoms with Gasteiger partial charge in [-0.2, -0.15) is 9.61 Å². The summed E-state index contributed by atoms with van der Waals surface area (Å²) in [5.41, 5.74) is 9.92. The zero-order chi connectivity index (χ0) is 16.5. The lowest BCUT2D eigenvalue weighted by atomic mass is 9.94. The van der Waals surface area contributed by atoms with E-state index in [4.69, 9.17) is 15.5 Å². The first-order chi connectivity index (χ1) is 11.7. The average molecular weight is 323 g/mol. The highest BCUT2D eigenvalue weighted by atomic mass is 16.5. The van der Waals surface area contributed by atoms with Gasteiger partial charge < -0.3 is 15.8 Å². The number of hydrogen-bond acceptors (Lipinski definition) is 5. The second-order valence-electron chi connectivity index (χ2n) is 6.16. The third-order valence-electron chi connectivity index (χ3n) is 4.60. The van der Waals surface area contributed by atoms with Crippen LogP contribution in [0, 0.1) is 0 Å². The number of nitrogens with two attached hydrogens (primary N) is 1. The van der Waals surface area contributed by atoms with Gasteiger partial charge in [-0.25, -0.2) is 4.98 Å². The smallest absolute Gasteiger partial charge is 0.158 e. The lowest BCUT2D eigenvalue weighted by molar-refractivity contribution is 0.415. The molecule has 2 aromatic heterocycles. The lowest BCUT2D eigenvalue weighted by Gasteiger charge is -2.22. The fourth-order valence-electron chi connectivity index (χ4n) is 3.27. The molecule has 0 saturated carbocycles. The van der Waals surface area contributed by atoms with E-state index < -0.39 is 0 Å². The van der Waals surface area contributed by atoms with Crippen LogP contribution in [0.3, 0.4) is 0 Å². The fraction of sp³-hybridized carbons (Fsp3) is 0.333. The summed E-state index contributed by atoms with van der Waals surface area (Å²) in [6.07, 6.45) is 2.19. The van der Waals surface area contributed by atoms with Crippen LogP contribution in [-0.4, -0.2) is 34.8 Å². The summed E-state index contributed by atoms with van der Waals surface area (Å²) < 4.78 is 7.00. The van der Waals surface area contributed by atoms with E-state index in [1.54, 1.807) is 11.6 Å². The van der Waals surface area contributed by atoms with Gasteiger partial charge in [0.1, 0.15) is 11.6 Å². The van der Waals surface area contributed by atoms with Crippen molar-refractivity contribution in [1.29, 1.82) is 0 Å². The van der Waals surface area contributed by atoms with Gasteiger partial charge >= 0.3 is 0 Å². The molecule has 1 saturated heterocycles. The molecule has 3 aromatic rings. The third kappa shape index (κ3) is 2.69. The molecule has 0 spiro atoms. The van der Waals surface area contributed by atoms with E-state index in [2.05, 4.69) is 10.4 Å². The molecule has 0 aliphatic carbocycles. The molecule has 1 aromatic carbocycles. The predicted octanol–water partition coefficient (Wildman–Crippen LogP) is 2.45. The second kappa shape index (κ2) is 6.13. The van der Waals surface area contributed by atoms with Gasteiger partial charge in [0.2, 0.25) is 0 Å². The van der Waals surface area contributed by atoms with Crippen LogP contribution in [-0.2, 0) is 0 Å². The van der Waals surface area contributed by atoms with E-state index in [9.17, 15) is 0 Å². The van der Waals surface area contributed by atoms with Crippen molar-refractivity contribution in [3.63, 3.8) is 0 Å². The summed E-state index contributed by atoms with van der Waals surface area (Å²) >= 11 is 0. The van der Waals surface area contributed by atoms with Crippen molar-refractivity contribution in [3.05, 3.63) is 42.1 Å². The number of aromatic nitrogens is 3. The summed E-state index contributed by atoms with van der Waals surface area (Å²) in [7, 11) is 1.66. The van der Waals surface area contributed by atoms with E-state index in [0.29, 0.717) is 11.7 Å². The molecular weight excluding hydrogens is 302 g/mol. The van der Waals surface area contributed by atoms with Gasteiger partial charge in [0, 0.05) is 29.3 Å². The Morgan fingerprint density at radius 1 is 1.21 bits per heavy atom. The minimum atomic E-state index is 0.466. The number of nitrogen functional groups attached to an aromatic ring is 1. The molecule has 6 heteroatoms. The topological polar surface area (TPSA) is 77.5 Å². The van der Waals surface area contributed by atoms with E-state index in [-0.39, 0.29) is 0 Å². The number of nitrogens with zero attached hydrogens (tertiary/aromatic N) is 3. The van der Waals surface area contributed by atoms with Crippen LogP contribution < -0.4 is 15.8 Å². The third-order valence-corrected chi connectivity index (χ3v) is 4.60. The summed E-state index contributed by atoms with van der Waals surface area (Å²) in [5, 5.41) is 7.99. The van der Waals surface area contributed by atoms with Gasteiger partial charge in [-0.3, -0.25) is 0 Å². The van der Waals surface area contributed by atoms with E-state index in [1.165, 1.54) is 0 Å². The molecule has 3 heterocycles. The number of fused-ring (bicyclic) bond motifs is 1. The van der Waals surface area contributed by atoms with Gasteiger partial charge in [0.25, 0.3) is 0 Å². The average Bonchev–Trinajstić information content (AvgIpc) is 3.07. The first-order valence-electron chi connectivity index (χ1n) is 8.26. The number of nitrogens with one attached hydrogen (secondary N) is 1. The van der Waals surface area contributed by atoms with Crippen molar-refractivity contribution in [3.8, 4) is 17.0 Å². The summed E-state index contributed by atoms with van der Waals surface area (Å²) in [6.45, 7) is 2.07. The predicted molar refractivity (Wildman–Crippen MR) is 94.2 cm³/mol. The first kappa shape index (κ1) is 15.0. The Morgan fingerprint density at radius 3 is 2.83 bits per heavy atom. The van der Waals surface area contributed by atoms with Crippen molar-refractivity contribution in [2.24, 2.45) is 0 Å². The molecule has 0 amide bonds. The van der Waals surface area contributed by atoms with Gasteiger partial charge in [0.05, 0.1) is 12.8 Å². The van der Waals surface area contributed by atoms with E-state index in [0.717, 1.165) is 54.3 Å². The number of rotatable bonds is 3. The quantitative estimate of drug-likeness (QED) is 0.774. The zero-order valence-electron chi connectivity index (χ0n) is 13.7. The van der Waals surface area contributed by atoms with Gasteiger partial charge in [-0.1, -0.05) is 12.1 Å². The molecule has 0 bridgehead atoms. The summed E-state index contributed by atoms with van der Waals surface area (Å²) in [6, 6.07) is 11.8. The Kier molecular flexibility index (Phi) is 3.82. The summed E-state index contributed by atoms with van der Waals surface area (Å²) in [4.78, 5) is 4.81. The summed E-state index contributed by atoms with van der Waals surface area (Å²) in [5.74, 6) is 1.90. The molecule has 4 rings (SSSR count). The number of ether oxygens (including phenoxy) is 1. The van der Waals surface area contributed by atoms with Crippen LogP contribution in [0.25, 0.3) is 16.9 Å². The maximum atomic E-state index is 6.23. The van der Waals surface area contributed by atoms with E-state index in [1.807, 2.05) is 36.4 Å². The molecule has 3 N–H and O–H groups in total.